The number of carbonyl (C=O) groups is 1. The highest BCUT2D eigenvalue weighted by atomic mass is 32.2. The zero-order valence-electron chi connectivity index (χ0n) is 16.1. The van der Waals surface area contributed by atoms with Crippen molar-refractivity contribution in [2.45, 2.75) is 43.2 Å². The number of nitrogens with zero attached hydrogens (tertiary/aromatic N) is 2. The maximum absolute atomic E-state index is 12.6. The second-order valence-corrected chi connectivity index (χ2v) is 10.8. The fourth-order valence-electron chi connectivity index (χ4n) is 4.05. The summed E-state index contributed by atoms with van der Waals surface area (Å²) in [6.45, 7) is 7.15. The Balaban J connectivity index is 1.39. The van der Waals surface area contributed by atoms with E-state index in [1.807, 2.05) is 6.92 Å². The molecule has 1 amide bonds. The summed E-state index contributed by atoms with van der Waals surface area (Å²) in [4.78, 5) is 14.9. The van der Waals surface area contributed by atoms with Crippen molar-refractivity contribution in [3.8, 4) is 0 Å². The lowest BCUT2D eigenvalue weighted by Crippen LogP contribution is -2.42. The van der Waals surface area contributed by atoms with Crippen LogP contribution >= 0.6 is 11.3 Å². The molecule has 8 heteroatoms. The van der Waals surface area contributed by atoms with Gasteiger partial charge in [-0.3, -0.25) is 4.79 Å². The number of piperidine rings is 1. The zero-order chi connectivity index (χ0) is 19.3. The molecule has 2 aliphatic heterocycles. The minimum absolute atomic E-state index is 0.0663. The van der Waals surface area contributed by atoms with E-state index in [0.717, 1.165) is 32.4 Å². The number of rotatable bonds is 8. The minimum atomic E-state index is -3.37. The summed E-state index contributed by atoms with van der Waals surface area (Å²) in [5.41, 5.74) is 0. The molecular weight excluding hydrogens is 382 g/mol. The van der Waals surface area contributed by atoms with Crippen molar-refractivity contribution in [2.75, 3.05) is 39.3 Å². The lowest BCUT2D eigenvalue weighted by molar-refractivity contribution is -0.126. The van der Waals surface area contributed by atoms with Gasteiger partial charge in [0.1, 0.15) is 4.21 Å². The summed E-state index contributed by atoms with van der Waals surface area (Å²) < 4.78 is 27.2. The third-order valence-electron chi connectivity index (χ3n) is 5.86. The van der Waals surface area contributed by atoms with Crippen LogP contribution < -0.4 is 5.32 Å². The molecule has 6 nitrogen and oxygen atoms in total. The first-order chi connectivity index (χ1) is 13.0. The molecule has 2 fully saturated rings. The van der Waals surface area contributed by atoms with Gasteiger partial charge in [-0.15, -0.1) is 11.3 Å². The molecule has 2 aliphatic rings. The van der Waals surface area contributed by atoms with Crippen molar-refractivity contribution in [1.82, 2.24) is 14.5 Å². The molecule has 1 N–H and O–H groups in total. The van der Waals surface area contributed by atoms with Crippen LogP contribution in [0.1, 0.15) is 39.0 Å². The second kappa shape index (κ2) is 9.49. The maximum Gasteiger partial charge on any atom is 0.252 e. The van der Waals surface area contributed by atoms with Crippen LogP contribution in [0.3, 0.4) is 0 Å². The van der Waals surface area contributed by atoms with Gasteiger partial charge in [-0.05, 0) is 69.1 Å². The van der Waals surface area contributed by atoms with Gasteiger partial charge in [0, 0.05) is 25.6 Å². The number of thiophene rings is 1. The molecule has 0 aromatic carbocycles. The predicted octanol–water partition coefficient (Wildman–Crippen LogP) is 2.39. The molecule has 3 heterocycles. The first-order valence-corrected chi connectivity index (χ1v) is 12.3. The largest absolute Gasteiger partial charge is 0.356 e. The number of hydrogen-bond donors (Lipinski definition) is 1. The van der Waals surface area contributed by atoms with Gasteiger partial charge in [0.25, 0.3) is 10.0 Å². The molecule has 152 valence electrons. The third-order valence-corrected chi connectivity index (χ3v) is 9.13. The summed E-state index contributed by atoms with van der Waals surface area (Å²) in [6, 6.07) is 3.42. The number of amides is 1. The van der Waals surface area contributed by atoms with Crippen LogP contribution in [-0.4, -0.2) is 62.8 Å². The standard InChI is InChI=1S/C19H31N3O3S2/c1-16(19(23)20-9-5-12-21-10-2-3-11-21)17-7-13-22(14-8-17)27(24,25)18-6-4-15-26-18/h4,6,15-17H,2-3,5,7-14H2,1H3,(H,20,23)/t16-/m1/s1. The van der Waals surface area contributed by atoms with Crippen LogP contribution in [0.25, 0.3) is 0 Å². The van der Waals surface area contributed by atoms with Gasteiger partial charge in [-0.1, -0.05) is 13.0 Å². The smallest absolute Gasteiger partial charge is 0.252 e. The van der Waals surface area contributed by atoms with Crippen LogP contribution in [-0.2, 0) is 14.8 Å². The Bertz CT molecular complexity index is 692. The molecule has 0 aliphatic carbocycles. The second-order valence-electron chi connectivity index (χ2n) is 7.66. The minimum Gasteiger partial charge on any atom is -0.356 e. The number of likely N-dealkylation sites (tertiary alicyclic amines) is 1. The van der Waals surface area contributed by atoms with Gasteiger partial charge < -0.3 is 10.2 Å². The molecule has 0 spiro atoms. The first kappa shape index (κ1) is 20.8. The highest BCUT2D eigenvalue weighted by Crippen LogP contribution is 2.29. The van der Waals surface area contributed by atoms with E-state index in [-0.39, 0.29) is 17.7 Å². The summed E-state index contributed by atoms with van der Waals surface area (Å²) in [6.07, 6.45) is 5.07. The lowest BCUT2D eigenvalue weighted by Gasteiger charge is -2.33. The van der Waals surface area contributed by atoms with Gasteiger partial charge in [0.15, 0.2) is 0 Å². The van der Waals surface area contributed by atoms with Crippen molar-refractivity contribution in [1.29, 1.82) is 0 Å². The van der Waals surface area contributed by atoms with Crippen LogP contribution in [0, 0.1) is 11.8 Å². The molecule has 1 aromatic rings. The Hall–Kier alpha value is -0.960. The topological polar surface area (TPSA) is 69.7 Å². The van der Waals surface area contributed by atoms with Gasteiger partial charge in [-0.2, -0.15) is 4.31 Å². The molecule has 0 bridgehead atoms. The molecule has 0 saturated carbocycles. The van der Waals surface area contributed by atoms with E-state index in [2.05, 4.69) is 10.2 Å². The summed E-state index contributed by atoms with van der Waals surface area (Å²) in [5.74, 6) is 0.290. The molecule has 2 saturated heterocycles. The van der Waals surface area contributed by atoms with Crippen molar-refractivity contribution in [2.24, 2.45) is 11.8 Å². The third kappa shape index (κ3) is 5.31. The highest BCUT2D eigenvalue weighted by molar-refractivity contribution is 7.91. The maximum atomic E-state index is 12.6. The molecule has 1 atom stereocenters. The van der Waals surface area contributed by atoms with Crippen LogP contribution in [0.5, 0.6) is 0 Å². The summed E-state index contributed by atoms with van der Waals surface area (Å²) in [5, 5.41) is 4.86. The quantitative estimate of drug-likeness (QED) is 0.665. The summed E-state index contributed by atoms with van der Waals surface area (Å²) in [7, 11) is -3.37. The SMILES string of the molecule is C[C@@H](C(=O)NCCCN1CCCC1)C1CCN(S(=O)(=O)c2cccs2)CC1. The molecular formula is C19H31N3O3S2. The first-order valence-electron chi connectivity index (χ1n) is 10.0. The molecule has 27 heavy (non-hydrogen) atoms. The van der Waals surface area contributed by atoms with Crippen LogP contribution in [0.2, 0.25) is 0 Å². The average molecular weight is 414 g/mol. The van der Waals surface area contributed by atoms with Crippen molar-refractivity contribution < 1.29 is 13.2 Å². The fourth-order valence-corrected chi connectivity index (χ4v) is 6.66. The van der Waals surface area contributed by atoms with Gasteiger partial charge in [0.2, 0.25) is 5.91 Å². The van der Waals surface area contributed by atoms with E-state index < -0.39 is 10.0 Å². The van der Waals surface area contributed by atoms with E-state index in [9.17, 15) is 13.2 Å². The fraction of sp³-hybridized carbons (Fsp3) is 0.737. The average Bonchev–Trinajstić information content (AvgIpc) is 3.38. The van der Waals surface area contributed by atoms with Crippen LogP contribution in [0.15, 0.2) is 21.7 Å². The van der Waals surface area contributed by atoms with E-state index >= 15 is 0 Å². The number of hydrogen-bond acceptors (Lipinski definition) is 5. The highest BCUT2D eigenvalue weighted by Gasteiger charge is 2.33. The Morgan fingerprint density at radius 1 is 1.26 bits per heavy atom. The number of nitrogens with one attached hydrogen (secondary N) is 1. The molecule has 0 radical (unpaired) electrons. The number of carbonyl (C=O) groups excluding carboxylic acids is 1. The van der Waals surface area contributed by atoms with Crippen LogP contribution in [0.4, 0.5) is 0 Å². The van der Waals surface area contributed by atoms with Gasteiger partial charge in [-0.25, -0.2) is 8.42 Å². The van der Waals surface area contributed by atoms with Crippen molar-refractivity contribution in [3.63, 3.8) is 0 Å². The zero-order valence-corrected chi connectivity index (χ0v) is 17.7. The normalized spacial score (nSPS) is 21.4. The van der Waals surface area contributed by atoms with Crippen molar-refractivity contribution in [3.05, 3.63) is 17.5 Å². The Morgan fingerprint density at radius 3 is 2.59 bits per heavy atom. The number of sulfonamides is 1. The van der Waals surface area contributed by atoms with E-state index in [1.54, 1.807) is 21.8 Å². The lowest BCUT2D eigenvalue weighted by atomic mass is 9.85. The van der Waals surface area contributed by atoms with E-state index in [4.69, 9.17) is 0 Å². The van der Waals surface area contributed by atoms with E-state index in [0.29, 0.717) is 17.3 Å². The van der Waals surface area contributed by atoms with Gasteiger partial charge in [0.05, 0.1) is 0 Å². The summed E-state index contributed by atoms with van der Waals surface area (Å²) >= 11 is 1.26. The predicted molar refractivity (Wildman–Crippen MR) is 108 cm³/mol. The van der Waals surface area contributed by atoms with E-state index in [1.165, 1.54) is 37.3 Å². The Labute approximate surface area is 167 Å². The van der Waals surface area contributed by atoms with Crippen molar-refractivity contribution >= 4 is 27.3 Å². The molecule has 1 aromatic heterocycles. The monoisotopic (exact) mass is 413 g/mol. The molecule has 3 rings (SSSR count). The Morgan fingerprint density at radius 2 is 1.96 bits per heavy atom. The Kier molecular flexibility index (Phi) is 7.30. The van der Waals surface area contributed by atoms with Gasteiger partial charge >= 0.3 is 0 Å². The molecule has 0 unspecified atom stereocenters.